The van der Waals surface area contributed by atoms with Crippen molar-refractivity contribution < 1.29 is 13.2 Å². The number of carbonyl (C=O) groups is 1. The number of nitrogens with zero attached hydrogens (tertiary/aromatic N) is 3. The molecule has 0 fully saturated rings. The van der Waals surface area contributed by atoms with E-state index in [1.807, 2.05) is 0 Å². The second-order valence-electron chi connectivity index (χ2n) is 2.35. The van der Waals surface area contributed by atoms with E-state index in [4.69, 9.17) is 0 Å². The van der Waals surface area contributed by atoms with Crippen molar-refractivity contribution in [1.29, 1.82) is 0 Å². The Morgan fingerprint density at radius 3 is 2.77 bits per heavy atom. The average Bonchev–Trinajstić information content (AvgIpc) is 2.34. The standard InChI is InChI=1S/C4H7N5O3S/c1-13(11,12)2-3(10)5-4-6-8-9-7-4/h2H2,1H3,(H2,5,6,7,8,9,10). The van der Waals surface area contributed by atoms with Crippen molar-refractivity contribution in [3.05, 3.63) is 0 Å². The maximum Gasteiger partial charge on any atom is 0.269 e. The number of hydrogen-bond acceptors (Lipinski definition) is 6. The molecule has 1 aromatic heterocycles. The van der Waals surface area contributed by atoms with Crippen molar-refractivity contribution in [2.24, 2.45) is 0 Å². The Balaban J connectivity index is 2.53. The van der Waals surface area contributed by atoms with Crippen molar-refractivity contribution in [2.75, 3.05) is 17.3 Å². The van der Waals surface area contributed by atoms with Crippen LogP contribution in [0.1, 0.15) is 0 Å². The summed E-state index contributed by atoms with van der Waals surface area (Å²) in [6.45, 7) is 0. The fourth-order valence-corrected chi connectivity index (χ4v) is 1.16. The predicted molar refractivity (Wildman–Crippen MR) is 42.5 cm³/mol. The topological polar surface area (TPSA) is 118 Å². The van der Waals surface area contributed by atoms with Crippen LogP contribution in [0.4, 0.5) is 5.95 Å². The highest BCUT2D eigenvalue weighted by Crippen LogP contribution is 1.91. The number of amides is 1. The number of hydrogen-bond donors (Lipinski definition) is 2. The van der Waals surface area contributed by atoms with E-state index in [2.05, 4.69) is 25.9 Å². The van der Waals surface area contributed by atoms with Gasteiger partial charge in [0.1, 0.15) is 5.75 Å². The van der Waals surface area contributed by atoms with Gasteiger partial charge in [0.25, 0.3) is 5.95 Å². The third-order valence-corrected chi connectivity index (χ3v) is 1.78. The third-order valence-electron chi connectivity index (χ3n) is 0.990. The Bertz CT molecular complexity index is 382. The molecule has 1 aromatic rings. The van der Waals surface area contributed by atoms with Crippen LogP contribution in [0, 0.1) is 0 Å². The summed E-state index contributed by atoms with van der Waals surface area (Å²) in [7, 11) is -3.32. The van der Waals surface area contributed by atoms with Crippen molar-refractivity contribution >= 4 is 21.7 Å². The van der Waals surface area contributed by atoms with Crippen LogP contribution in [0.15, 0.2) is 0 Å². The van der Waals surface area contributed by atoms with Crippen LogP contribution in [-0.2, 0) is 14.6 Å². The zero-order valence-electron chi connectivity index (χ0n) is 6.68. The predicted octanol–water partition coefficient (Wildman–Crippen LogP) is -1.82. The molecular formula is C4H7N5O3S. The van der Waals surface area contributed by atoms with Gasteiger partial charge in [0.05, 0.1) is 0 Å². The van der Waals surface area contributed by atoms with Crippen molar-refractivity contribution in [1.82, 2.24) is 20.6 Å². The Labute approximate surface area is 73.6 Å². The van der Waals surface area contributed by atoms with E-state index in [9.17, 15) is 13.2 Å². The summed E-state index contributed by atoms with van der Waals surface area (Å²) in [5.74, 6) is -1.33. The second kappa shape index (κ2) is 3.47. The number of aromatic amines is 1. The zero-order chi connectivity index (χ0) is 9.90. The van der Waals surface area contributed by atoms with Crippen LogP contribution < -0.4 is 5.32 Å². The number of carbonyl (C=O) groups excluding carboxylic acids is 1. The molecule has 13 heavy (non-hydrogen) atoms. The van der Waals surface area contributed by atoms with Gasteiger partial charge in [0, 0.05) is 6.26 Å². The van der Waals surface area contributed by atoms with Gasteiger partial charge in [-0.05, 0) is 5.21 Å². The highest BCUT2D eigenvalue weighted by atomic mass is 32.2. The Kier molecular flexibility index (Phi) is 2.56. The van der Waals surface area contributed by atoms with Crippen molar-refractivity contribution in [2.45, 2.75) is 0 Å². The Morgan fingerprint density at radius 1 is 1.62 bits per heavy atom. The first-order valence-electron chi connectivity index (χ1n) is 3.18. The van der Waals surface area contributed by atoms with E-state index in [-0.39, 0.29) is 5.95 Å². The number of sulfone groups is 1. The van der Waals surface area contributed by atoms with Crippen molar-refractivity contribution in [3.8, 4) is 0 Å². The number of aromatic nitrogens is 4. The van der Waals surface area contributed by atoms with E-state index in [0.717, 1.165) is 6.26 Å². The summed E-state index contributed by atoms with van der Waals surface area (Å²) in [4.78, 5) is 10.9. The van der Waals surface area contributed by atoms with Crippen LogP contribution in [-0.4, -0.2) is 47.0 Å². The molecule has 9 heteroatoms. The molecule has 1 rings (SSSR count). The number of nitrogens with one attached hydrogen (secondary N) is 2. The first kappa shape index (κ1) is 9.58. The molecule has 0 spiro atoms. The van der Waals surface area contributed by atoms with E-state index >= 15 is 0 Å². The van der Waals surface area contributed by atoms with E-state index in [1.54, 1.807) is 0 Å². The lowest BCUT2D eigenvalue weighted by molar-refractivity contribution is -0.113. The van der Waals surface area contributed by atoms with Crippen LogP contribution >= 0.6 is 0 Å². The molecule has 0 saturated heterocycles. The number of H-pyrrole nitrogens is 1. The van der Waals surface area contributed by atoms with Gasteiger partial charge >= 0.3 is 0 Å². The van der Waals surface area contributed by atoms with Crippen LogP contribution in [0.3, 0.4) is 0 Å². The van der Waals surface area contributed by atoms with Gasteiger partial charge in [-0.1, -0.05) is 5.10 Å². The largest absolute Gasteiger partial charge is 0.291 e. The van der Waals surface area contributed by atoms with Crippen LogP contribution in [0.5, 0.6) is 0 Å². The minimum atomic E-state index is -3.32. The molecule has 0 atom stereocenters. The van der Waals surface area contributed by atoms with Crippen molar-refractivity contribution in [3.63, 3.8) is 0 Å². The molecule has 0 aliphatic heterocycles. The SMILES string of the molecule is CS(=O)(=O)CC(=O)Nc1nn[nH]n1. The van der Waals surface area contributed by atoms with E-state index in [1.165, 1.54) is 0 Å². The minimum absolute atomic E-state index is 0.0475. The average molecular weight is 205 g/mol. The minimum Gasteiger partial charge on any atom is -0.291 e. The van der Waals surface area contributed by atoms with E-state index < -0.39 is 21.5 Å². The van der Waals surface area contributed by atoms with Gasteiger partial charge in [-0.25, -0.2) is 8.42 Å². The second-order valence-corrected chi connectivity index (χ2v) is 4.49. The zero-order valence-corrected chi connectivity index (χ0v) is 7.50. The molecule has 0 radical (unpaired) electrons. The highest BCUT2D eigenvalue weighted by molar-refractivity contribution is 7.91. The summed E-state index contributed by atoms with van der Waals surface area (Å²) in [6, 6.07) is 0. The summed E-state index contributed by atoms with van der Waals surface area (Å²) in [6.07, 6.45) is 0.961. The maximum absolute atomic E-state index is 10.9. The molecule has 2 N–H and O–H groups in total. The molecule has 72 valence electrons. The lowest BCUT2D eigenvalue weighted by Crippen LogP contribution is -2.22. The number of anilines is 1. The number of rotatable bonds is 3. The quantitative estimate of drug-likeness (QED) is 0.600. The molecule has 8 nitrogen and oxygen atoms in total. The first-order valence-corrected chi connectivity index (χ1v) is 5.24. The Hall–Kier alpha value is -1.51. The molecule has 0 unspecified atom stereocenters. The van der Waals surface area contributed by atoms with Gasteiger partial charge in [0.15, 0.2) is 9.84 Å². The van der Waals surface area contributed by atoms with Gasteiger partial charge < -0.3 is 0 Å². The molecule has 0 bridgehead atoms. The van der Waals surface area contributed by atoms with E-state index in [0.29, 0.717) is 0 Å². The highest BCUT2D eigenvalue weighted by Gasteiger charge is 2.12. The fraction of sp³-hybridized carbons (Fsp3) is 0.500. The number of tetrazole rings is 1. The van der Waals surface area contributed by atoms with Gasteiger partial charge in [0.2, 0.25) is 5.91 Å². The molecule has 0 aromatic carbocycles. The molecule has 0 aliphatic rings. The third kappa shape index (κ3) is 3.60. The summed E-state index contributed by atoms with van der Waals surface area (Å²) < 4.78 is 21.3. The molecule has 1 amide bonds. The smallest absolute Gasteiger partial charge is 0.269 e. The monoisotopic (exact) mass is 205 g/mol. The lowest BCUT2D eigenvalue weighted by Gasteiger charge is -1.96. The molecular weight excluding hydrogens is 198 g/mol. The summed E-state index contributed by atoms with van der Waals surface area (Å²) >= 11 is 0. The van der Waals surface area contributed by atoms with Gasteiger partial charge in [-0.15, -0.1) is 5.10 Å². The van der Waals surface area contributed by atoms with Crippen LogP contribution in [0.2, 0.25) is 0 Å². The first-order chi connectivity index (χ1) is 5.97. The molecule has 0 aliphatic carbocycles. The fourth-order valence-electron chi connectivity index (χ4n) is 0.614. The van der Waals surface area contributed by atoms with Crippen LogP contribution in [0.25, 0.3) is 0 Å². The maximum atomic E-state index is 10.9. The molecule has 1 heterocycles. The summed E-state index contributed by atoms with van der Waals surface area (Å²) in [5.41, 5.74) is 0. The Morgan fingerprint density at radius 2 is 2.31 bits per heavy atom. The normalized spacial score (nSPS) is 11.2. The summed E-state index contributed by atoms with van der Waals surface area (Å²) in [5, 5.41) is 14.2. The van der Waals surface area contributed by atoms with Gasteiger partial charge in [-0.2, -0.15) is 5.21 Å². The lowest BCUT2D eigenvalue weighted by atomic mass is 10.7. The molecule has 0 saturated carbocycles. The van der Waals surface area contributed by atoms with Gasteiger partial charge in [-0.3, -0.25) is 10.1 Å².